The zero-order chi connectivity index (χ0) is 18.8. The third-order valence-corrected chi connectivity index (χ3v) is 3.97. The second-order valence-corrected chi connectivity index (χ2v) is 6.20. The van der Waals surface area contributed by atoms with E-state index in [2.05, 4.69) is 15.3 Å². The van der Waals surface area contributed by atoms with Gasteiger partial charge in [-0.3, -0.25) is 19.3 Å². The van der Waals surface area contributed by atoms with E-state index in [-0.39, 0.29) is 13.1 Å². The summed E-state index contributed by atoms with van der Waals surface area (Å²) in [4.78, 5) is 48.2. The van der Waals surface area contributed by atoms with Crippen LogP contribution in [0.5, 0.6) is 0 Å². The van der Waals surface area contributed by atoms with Gasteiger partial charge in [0.1, 0.15) is 18.2 Å². The SMILES string of the molecule is Cc1cc(N(C)C)nc(CNC(=O)CN2C(=O)c3ccccc3C2=O)n1. The highest BCUT2D eigenvalue weighted by Gasteiger charge is 2.36. The molecule has 3 amide bonds. The van der Waals surface area contributed by atoms with E-state index in [0.29, 0.717) is 17.0 Å². The third-order valence-electron chi connectivity index (χ3n) is 3.97. The van der Waals surface area contributed by atoms with Crippen molar-refractivity contribution in [1.82, 2.24) is 20.2 Å². The van der Waals surface area contributed by atoms with Crippen molar-refractivity contribution in [3.05, 3.63) is 53.0 Å². The van der Waals surface area contributed by atoms with Crippen LogP contribution >= 0.6 is 0 Å². The number of carbonyl (C=O) groups is 3. The minimum atomic E-state index is -0.456. The van der Waals surface area contributed by atoms with Gasteiger partial charge in [0, 0.05) is 25.9 Å². The highest BCUT2D eigenvalue weighted by Crippen LogP contribution is 2.21. The van der Waals surface area contributed by atoms with Crippen LogP contribution in [0.15, 0.2) is 30.3 Å². The predicted octanol–water partition coefficient (Wildman–Crippen LogP) is 0.763. The fourth-order valence-electron chi connectivity index (χ4n) is 2.68. The summed E-state index contributed by atoms with van der Waals surface area (Å²) < 4.78 is 0. The Balaban J connectivity index is 1.64. The van der Waals surface area contributed by atoms with Gasteiger partial charge in [0.2, 0.25) is 5.91 Å². The first-order chi connectivity index (χ1) is 12.4. The molecule has 8 heteroatoms. The molecule has 1 aliphatic rings. The Morgan fingerprint density at radius 3 is 2.31 bits per heavy atom. The number of aryl methyl sites for hydroxylation is 1. The van der Waals surface area contributed by atoms with Gasteiger partial charge in [0.25, 0.3) is 11.8 Å². The molecular formula is C18H19N5O3. The summed E-state index contributed by atoms with van der Waals surface area (Å²) in [5, 5.41) is 2.66. The number of nitrogens with zero attached hydrogens (tertiary/aromatic N) is 4. The molecule has 8 nitrogen and oxygen atoms in total. The van der Waals surface area contributed by atoms with Crippen LogP contribution in [0.3, 0.4) is 0 Å². The van der Waals surface area contributed by atoms with Crippen molar-refractivity contribution in [3.63, 3.8) is 0 Å². The number of amides is 3. The fraction of sp³-hybridized carbons (Fsp3) is 0.278. The minimum absolute atomic E-state index is 0.116. The number of fused-ring (bicyclic) bond motifs is 1. The van der Waals surface area contributed by atoms with Crippen molar-refractivity contribution in [2.45, 2.75) is 13.5 Å². The van der Waals surface area contributed by atoms with Gasteiger partial charge in [-0.25, -0.2) is 9.97 Å². The Bertz CT molecular complexity index is 859. The molecule has 0 radical (unpaired) electrons. The van der Waals surface area contributed by atoms with Crippen molar-refractivity contribution in [3.8, 4) is 0 Å². The van der Waals surface area contributed by atoms with E-state index in [1.165, 1.54) is 0 Å². The van der Waals surface area contributed by atoms with Gasteiger partial charge < -0.3 is 10.2 Å². The Hall–Kier alpha value is -3.29. The van der Waals surface area contributed by atoms with Gasteiger partial charge >= 0.3 is 0 Å². The Kier molecular flexibility index (Phi) is 4.66. The lowest BCUT2D eigenvalue weighted by Crippen LogP contribution is -2.40. The van der Waals surface area contributed by atoms with Gasteiger partial charge in [-0.05, 0) is 19.1 Å². The summed E-state index contributed by atoms with van der Waals surface area (Å²) in [6.45, 7) is 1.63. The van der Waals surface area contributed by atoms with Gasteiger partial charge in [0.05, 0.1) is 17.7 Å². The minimum Gasteiger partial charge on any atom is -0.363 e. The average Bonchev–Trinajstić information content (AvgIpc) is 2.85. The molecule has 0 atom stereocenters. The van der Waals surface area contributed by atoms with Crippen LogP contribution in [0.2, 0.25) is 0 Å². The molecular weight excluding hydrogens is 334 g/mol. The van der Waals surface area contributed by atoms with E-state index in [0.717, 1.165) is 16.4 Å². The summed E-state index contributed by atoms with van der Waals surface area (Å²) in [6.07, 6.45) is 0. The summed E-state index contributed by atoms with van der Waals surface area (Å²) in [7, 11) is 3.73. The quantitative estimate of drug-likeness (QED) is 0.798. The maximum atomic E-state index is 12.3. The lowest BCUT2D eigenvalue weighted by atomic mass is 10.1. The molecule has 0 saturated carbocycles. The van der Waals surface area contributed by atoms with Gasteiger partial charge in [-0.1, -0.05) is 12.1 Å². The van der Waals surface area contributed by atoms with Crippen molar-refractivity contribution < 1.29 is 14.4 Å². The van der Waals surface area contributed by atoms with Crippen LogP contribution < -0.4 is 10.2 Å². The molecule has 134 valence electrons. The molecule has 2 heterocycles. The molecule has 2 aromatic rings. The number of hydrogen-bond acceptors (Lipinski definition) is 6. The maximum Gasteiger partial charge on any atom is 0.262 e. The first kappa shape index (κ1) is 17.5. The van der Waals surface area contributed by atoms with E-state index in [1.54, 1.807) is 24.3 Å². The molecule has 26 heavy (non-hydrogen) atoms. The lowest BCUT2D eigenvalue weighted by Gasteiger charge is -2.15. The fourth-order valence-corrected chi connectivity index (χ4v) is 2.68. The second kappa shape index (κ2) is 6.91. The van der Waals surface area contributed by atoms with Crippen molar-refractivity contribution in [1.29, 1.82) is 0 Å². The highest BCUT2D eigenvalue weighted by molar-refractivity contribution is 6.22. The summed E-state index contributed by atoms with van der Waals surface area (Å²) in [5.41, 5.74) is 1.43. The first-order valence-corrected chi connectivity index (χ1v) is 8.10. The molecule has 0 saturated heterocycles. The number of rotatable bonds is 5. The topological polar surface area (TPSA) is 95.5 Å². The molecule has 3 rings (SSSR count). The van der Waals surface area contributed by atoms with Crippen LogP contribution in [0.4, 0.5) is 5.82 Å². The smallest absolute Gasteiger partial charge is 0.262 e. The van der Waals surface area contributed by atoms with Crippen LogP contribution in [-0.2, 0) is 11.3 Å². The monoisotopic (exact) mass is 353 g/mol. The van der Waals surface area contributed by atoms with Crippen molar-refractivity contribution in [2.24, 2.45) is 0 Å². The Labute approximate surface area is 150 Å². The summed E-state index contributed by atoms with van der Waals surface area (Å²) in [6, 6.07) is 8.37. The van der Waals surface area contributed by atoms with Crippen LogP contribution in [0, 0.1) is 6.92 Å². The molecule has 1 aliphatic heterocycles. The Morgan fingerprint density at radius 1 is 1.12 bits per heavy atom. The molecule has 0 spiro atoms. The van der Waals surface area contributed by atoms with E-state index in [1.807, 2.05) is 32.0 Å². The summed E-state index contributed by atoms with van der Waals surface area (Å²) >= 11 is 0. The van der Waals surface area contributed by atoms with E-state index in [9.17, 15) is 14.4 Å². The largest absolute Gasteiger partial charge is 0.363 e. The second-order valence-electron chi connectivity index (χ2n) is 6.20. The standard InChI is InChI=1S/C18H19N5O3/c1-11-8-15(22(2)3)21-14(20-11)9-19-16(24)10-23-17(25)12-6-4-5-7-13(12)18(23)26/h4-8H,9-10H2,1-3H3,(H,19,24). The van der Waals surface area contributed by atoms with Crippen molar-refractivity contribution >= 4 is 23.5 Å². The van der Waals surface area contributed by atoms with Crippen molar-refractivity contribution in [2.75, 3.05) is 25.5 Å². The van der Waals surface area contributed by atoms with Crippen LogP contribution in [0.1, 0.15) is 32.2 Å². The molecule has 0 aliphatic carbocycles. The van der Waals surface area contributed by atoms with E-state index < -0.39 is 17.7 Å². The summed E-state index contributed by atoms with van der Waals surface area (Å²) in [5.74, 6) is -0.160. The number of benzene rings is 1. The molecule has 0 fully saturated rings. The molecule has 1 aromatic heterocycles. The number of anilines is 1. The normalized spacial score (nSPS) is 13.0. The number of nitrogens with one attached hydrogen (secondary N) is 1. The van der Waals surface area contributed by atoms with E-state index in [4.69, 9.17) is 0 Å². The zero-order valence-corrected chi connectivity index (χ0v) is 14.8. The number of imide groups is 1. The van der Waals surface area contributed by atoms with Crippen LogP contribution in [-0.4, -0.2) is 53.2 Å². The average molecular weight is 353 g/mol. The number of aromatic nitrogens is 2. The molecule has 0 bridgehead atoms. The van der Waals surface area contributed by atoms with Gasteiger partial charge in [-0.15, -0.1) is 0 Å². The molecule has 1 N–H and O–H groups in total. The predicted molar refractivity (Wildman–Crippen MR) is 94.8 cm³/mol. The third kappa shape index (κ3) is 3.39. The first-order valence-electron chi connectivity index (χ1n) is 8.10. The number of hydrogen-bond donors (Lipinski definition) is 1. The number of carbonyl (C=O) groups excluding carboxylic acids is 3. The zero-order valence-electron chi connectivity index (χ0n) is 14.8. The maximum absolute atomic E-state index is 12.3. The molecule has 0 unspecified atom stereocenters. The highest BCUT2D eigenvalue weighted by atomic mass is 16.2. The lowest BCUT2D eigenvalue weighted by molar-refractivity contribution is -0.121. The Morgan fingerprint density at radius 2 is 1.73 bits per heavy atom. The van der Waals surface area contributed by atoms with Crippen LogP contribution in [0.25, 0.3) is 0 Å². The van der Waals surface area contributed by atoms with E-state index >= 15 is 0 Å². The molecule has 1 aromatic carbocycles. The van der Waals surface area contributed by atoms with Gasteiger partial charge in [-0.2, -0.15) is 0 Å². The van der Waals surface area contributed by atoms with Gasteiger partial charge in [0.15, 0.2) is 0 Å².